The van der Waals surface area contributed by atoms with Crippen molar-refractivity contribution in [3.8, 4) is 11.5 Å². The molecule has 0 aromatic heterocycles. The maximum atomic E-state index is 9.85. The molecule has 1 unspecified atom stereocenters. The Kier molecular flexibility index (Phi) is 4.87. The summed E-state index contributed by atoms with van der Waals surface area (Å²) in [6.45, 7) is 2.91. The van der Waals surface area contributed by atoms with Gasteiger partial charge in [-0.3, -0.25) is 0 Å². The highest BCUT2D eigenvalue weighted by Gasteiger charge is 2.12. The van der Waals surface area contributed by atoms with Crippen LogP contribution in [0.3, 0.4) is 0 Å². The quantitative estimate of drug-likeness (QED) is 0.872. The number of hydrogen-bond donors (Lipinski definition) is 2. The van der Waals surface area contributed by atoms with E-state index in [4.69, 9.17) is 4.74 Å². The minimum absolute atomic E-state index is 0.188. The highest BCUT2D eigenvalue weighted by Crippen LogP contribution is 2.27. The molecule has 0 fully saturated rings. The second kappa shape index (κ2) is 7.05. The Balaban J connectivity index is 1.65. The molecule has 2 aromatic rings. The Morgan fingerprint density at radius 3 is 2.61 bits per heavy atom. The molecule has 23 heavy (non-hydrogen) atoms. The average Bonchev–Trinajstić information content (AvgIpc) is 2.59. The first-order valence-electron chi connectivity index (χ1n) is 8.38. The van der Waals surface area contributed by atoms with Crippen molar-refractivity contribution in [2.24, 2.45) is 0 Å². The Morgan fingerprint density at radius 2 is 1.87 bits per heavy atom. The molecule has 1 atom stereocenters. The summed E-state index contributed by atoms with van der Waals surface area (Å²) in [6.07, 6.45) is 5.06. The van der Waals surface area contributed by atoms with Crippen LogP contribution >= 0.6 is 0 Å². The number of rotatable bonds is 5. The fourth-order valence-electron chi connectivity index (χ4n) is 3.26. The van der Waals surface area contributed by atoms with Crippen molar-refractivity contribution in [3.05, 3.63) is 58.7 Å². The van der Waals surface area contributed by atoms with E-state index in [1.165, 1.54) is 42.4 Å². The van der Waals surface area contributed by atoms with Crippen LogP contribution in [0.25, 0.3) is 0 Å². The molecule has 0 bridgehead atoms. The first-order valence-corrected chi connectivity index (χ1v) is 8.38. The molecule has 1 aliphatic carbocycles. The molecule has 0 saturated carbocycles. The summed E-state index contributed by atoms with van der Waals surface area (Å²) in [5.74, 6) is 0.699. The van der Waals surface area contributed by atoms with Gasteiger partial charge < -0.3 is 15.2 Å². The topological polar surface area (TPSA) is 41.5 Å². The van der Waals surface area contributed by atoms with Gasteiger partial charge in [-0.05, 0) is 67.0 Å². The predicted molar refractivity (Wildman–Crippen MR) is 93.0 cm³/mol. The maximum Gasteiger partial charge on any atom is 0.160 e. The van der Waals surface area contributed by atoms with Gasteiger partial charge in [0.25, 0.3) is 0 Å². The van der Waals surface area contributed by atoms with Crippen LogP contribution in [-0.2, 0) is 19.4 Å². The molecule has 1 aliphatic rings. The van der Waals surface area contributed by atoms with Crippen molar-refractivity contribution >= 4 is 0 Å². The van der Waals surface area contributed by atoms with Crippen molar-refractivity contribution in [2.75, 3.05) is 7.11 Å². The highest BCUT2D eigenvalue weighted by atomic mass is 16.5. The molecule has 0 amide bonds. The number of benzene rings is 2. The van der Waals surface area contributed by atoms with E-state index in [9.17, 15) is 5.11 Å². The molecule has 122 valence electrons. The van der Waals surface area contributed by atoms with Crippen molar-refractivity contribution in [1.82, 2.24) is 5.32 Å². The third-order valence-electron chi connectivity index (χ3n) is 4.73. The molecule has 0 aliphatic heterocycles. The Hall–Kier alpha value is -2.00. The third-order valence-corrected chi connectivity index (χ3v) is 4.73. The second-order valence-corrected chi connectivity index (χ2v) is 6.34. The lowest BCUT2D eigenvalue weighted by molar-refractivity contribution is 0.373. The van der Waals surface area contributed by atoms with Crippen molar-refractivity contribution in [1.29, 1.82) is 0 Å². The van der Waals surface area contributed by atoms with E-state index in [0.29, 0.717) is 5.75 Å². The van der Waals surface area contributed by atoms with Gasteiger partial charge in [0.05, 0.1) is 7.11 Å². The molecular weight excluding hydrogens is 286 g/mol. The van der Waals surface area contributed by atoms with E-state index in [1.807, 2.05) is 6.07 Å². The van der Waals surface area contributed by atoms with Crippen LogP contribution in [0.5, 0.6) is 11.5 Å². The number of methoxy groups -OCH3 is 1. The third kappa shape index (κ3) is 3.67. The maximum absolute atomic E-state index is 9.85. The fraction of sp³-hybridized carbons (Fsp3) is 0.400. The SMILES string of the molecule is COc1ccc(CNC(C)c2ccc3c(c2)CCCC3)cc1O. The van der Waals surface area contributed by atoms with Gasteiger partial charge in [0.15, 0.2) is 11.5 Å². The van der Waals surface area contributed by atoms with Crippen molar-refractivity contribution in [2.45, 2.75) is 45.2 Å². The molecule has 3 rings (SSSR count). The lowest BCUT2D eigenvalue weighted by Crippen LogP contribution is -2.18. The zero-order valence-corrected chi connectivity index (χ0v) is 13.9. The molecule has 3 heteroatoms. The van der Waals surface area contributed by atoms with Crippen LogP contribution in [0, 0.1) is 0 Å². The Bertz CT molecular complexity index is 681. The summed E-state index contributed by atoms with van der Waals surface area (Å²) in [6, 6.07) is 12.7. The molecular formula is C20H25NO2. The summed E-state index contributed by atoms with van der Waals surface area (Å²) >= 11 is 0. The molecule has 0 heterocycles. The van der Waals surface area contributed by atoms with E-state index < -0.39 is 0 Å². The molecule has 0 saturated heterocycles. The van der Waals surface area contributed by atoms with E-state index >= 15 is 0 Å². The van der Waals surface area contributed by atoms with Gasteiger partial charge in [-0.25, -0.2) is 0 Å². The van der Waals surface area contributed by atoms with Crippen LogP contribution in [-0.4, -0.2) is 12.2 Å². The van der Waals surface area contributed by atoms with Crippen molar-refractivity contribution in [3.63, 3.8) is 0 Å². The highest BCUT2D eigenvalue weighted by molar-refractivity contribution is 5.41. The zero-order valence-electron chi connectivity index (χ0n) is 13.9. The number of phenols is 1. The minimum Gasteiger partial charge on any atom is -0.504 e. The number of phenolic OH excluding ortho intramolecular Hbond substituents is 1. The molecule has 2 N–H and O–H groups in total. The van der Waals surface area contributed by atoms with E-state index in [0.717, 1.165) is 12.1 Å². The zero-order chi connectivity index (χ0) is 16.2. The Labute approximate surface area is 138 Å². The minimum atomic E-state index is 0.188. The van der Waals surface area contributed by atoms with Crippen LogP contribution < -0.4 is 10.1 Å². The van der Waals surface area contributed by atoms with Crippen LogP contribution in [0.4, 0.5) is 0 Å². The molecule has 0 spiro atoms. The number of hydrogen-bond acceptors (Lipinski definition) is 3. The summed E-state index contributed by atoms with van der Waals surface area (Å²) in [5, 5.41) is 13.4. The fourth-order valence-corrected chi connectivity index (χ4v) is 3.26. The van der Waals surface area contributed by atoms with Gasteiger partial charge in [-0.15, -0.1) is 0 Å². The first-order chi connectivity index (χ1) is 11.2. The molecule has 2 aromatic carbocycles. The van der Waals surface area contributed by atoms with Gasteiger partial charge in [0, 0.05) is 12.6 Å². The standard InChI is InChI=1S/C20H25NO2/c1-14(17-9-8-16-5-3-4-6-18(16)12-17)21-13-15-7-10-20(23-2)19(22)11-15/h7-12,14,21-22H,3-6,13H2,1-2H3. The van der Waals surface area contributed by atoms with Crippen LogP contribution in [0.2, 0.25) is 0 Å². The number of ether oxygens (including phenoxy) is 1. The lowest BCUT2D eigenvalue weighted by atomic mass is 9.89. The predicted octanol–water partition coefficient (Wildman–Crippen LogP) is 4.13. The smallest absolute Gasteiger partial charge is 0.160 e. The van der Waals surface area contributed by atoms with E-state index in [2.05, 4.69) is 30.4 Å². The summed E-state index contributed by atoms with van der Waals surface area (Å²) in [4.78, 5) is 0. The number of fused-ring (bicyclic) bond motifs is 1. The van der Waals surface area contributed by atoms with Gasteiger partial charge in [0.1, 0.15) is 0 Å². The lowest BCUT2D eigenvalue weighted by Gasteiger charge is -2.20. The largest absolute Gasteiger partial charge is 0.504 e. The second-order valence-electron chi connectivity index (χ2n) is 6.34. The average molecular weight is 311 g/mol. The van der Waals surface area contributed by atoms with Gasteiger partial charge in [-0.1, -0.05) is 24.3 Å². The summed E-state index contributed by atoms with van der Waals surface area (Å²) in [5.41, 5.74) is 5.42. The van der Waals surface area contributed by atoms with Crippen molar-refractivity contribution < 1.29 is 9.84 Å². The van der Waals surface area contributed by atoms with Crippen LogP contribution in [0.1, 0.15) is 48.1 Å². The van der Waals surface area contributed by atoms with Gasteiger partial charge in [0.2, 0.25) is 0 Å². The number of aryl methyl sites for hydroxylation is 2. The molecule has 3 nitrogen and oxygen atoms in total. The van der Waals surface area contributed by atoms with Gasteiger partial charge in [-0.2, -0.15) is 0 Å². The summed E-state index contributed by atoms with van der Waals surface area (Å²) in [7, 11) is 1.56. The number of aromatic hydroxyl groups is 1. The van der Waals surface area contributed by atoms with E-state index in [-0.39, 0.29) is 11.8 Å². The van der Waals surface area contributed by atoms with E-state index in [1.54, 1.807) is 19.2 Å². The monoisotopic (exact) mass is 311 g/mol. The summed E-state index contributed by atoms with van der Waals surface area (Å²) < 4.78 is 5.08. The molecule has 0 radical (unpaired) electrons. The normalized spacial score (nSPS) is 15.0. The number of nitrogens with one attached hydrogen (secondary N) is 1. The van der Waals surface area contributed by atoms with Crippen LogP contribution in [0.15, 0.2) is 36.4 Å². The van der Waals surface area contributed by atoms with Gasteiger partial charge >= 0.3 is 0 Å². The first kappa shape index (κ1) is 15.9. The Morgan fingerprint density at radius 1 is 1.09 bits per heavy atom.